The number of aromatic hydroxyl groups is 1. The maximum absolute atomic E-state index is 12.4. The summed E-state index contributed by atoms with van der Waals surface area (Å²) in [4.78, 5) is 39.7. The molecule has 10 heteroatoms. The number of benzene rings is 1. The summed E-state index contributed by atoms with van der Waals surface area (Å²) in [6.45, 7) is 4.40. The van der Waals surface area contributed by atoms with Gasteiger partial charge in [0.25, 0.3) is 5.91 Å². The largest absolute Gasteiger partial charge is 0.506 e. The Morgan fingerprint density at radius 1 is 1.35 bits per heavy atom. The van der Waals surface area contributed by atoms with Gasteiger partial charge in [0.1, 0.15) is 11.4 Å². The molecule has 9 nitrogen and oxygen atoms in total. The first kappa shape index (κ1) is 23.1. The van der Waals surface area contributed by atoms with E-state index >= 15 is 0 Å². The first-order valence-corrected chi connectivity index (χ1v) is 10.4. The van der Waals surface area contributed by atoms with E-state index in [2.05, 4.69) is 5.32 Å². The van der Waals surface area contributed by atoms with Crippen molar-refractivity contribution in [1.29, 1.82) is 0 Å². The minimum absolute atomic E-state index is 0.0122. The van der Waals surface area contributed by atoms with Crippen LogP contribution in [0.3, 0.4) is 0 Å². The van der Waals surface area contributed by atoms with Gasteiger partial charge in [-0.3, -0.25) is 9.59 Å². The van der Waals surface area contributed by atoms with E-state index in [4.69, 9.17) is 11.6 Å². The van der Waals surface area contributed by atoms with Crippen LogP contribution in [-0.4, -0.2) is 81.7 Å². The fraction of sp³-hybridized carbons (Fsp3) is 0.476. The molecule has 1 fully saturated rings. The lowest BCUT2D eigenvalue weighted by Crippen LogP contribution is -2.63. The van der Waals surface area contributed by atoms with Gasteiger partial charge in [0.2, 0.25) is 5.91 Å². The Morgan fingerprint density at radius 2 is 2.03 bits per heavy atom. The van der Waals surface area contributed by atoms with E-state index in [1.54, 1.807) is 14.0 Å². The summed E-state index contributed by atoms with van der Waals surface area (Å²) in [7, 11) is 1.79. The molecule has 4 N–H and O–H groups in total. The van der Waals surface area contributed by atoms with Crippen molar-refractivity contribution >= 4 is 29.4 Å². The molecule has 2 amide bonds. The number of halogens is 1. The van der Waals surface area contributed by atoms with Crippen LogP contribution in [0.2, 0.25) is 5.02 Å². The number of hydrogen-bond acceptors (Lipinski definition) is 6. The number of carboxylic acid groups (broad SMARTS) is 1. The van der Waals surface area contributed by atoms with Crippen molar-refractivity contribution in [3.05, 3.63) is 40.1 Å². The molecule has 168 valence electrons. The zero-order valence-corrected chi connectivity index (χ0v) is 18.3. The van der Waals surface area contributed by atoms with Crippen LogP contribution in [0.4, 0.5) is 0 Å². The highest BCUT2D eigenvalue weighted by Gasteiger charge is 2.59. The molecule has 1 saturated heterocycles. The summed E-state index contributed by atoms with van der Waals surface area (Å²) in [5.74, 6) is -2.93. The quantitative estimate of drug-likeness (QED) is 0.432. The molecule has 0 saturated carbocycles. The van der Waals surface area contributed by atoms with Gasteiger partial charge in [-0.15, -0.1) is 0 Å². The second kappa shape index (κ2) is 8.86. The topological polar surface area (TPSA) is 130 Å². The Labute approximate surface area is 184 Å². The monoisotopic (exact) mass is 451 g/mol. The second-order valence-corrected chi connectivity index (χ2v) is 8.44. The van der Waals surface area contributed by atoms with Gasteiger partial charge in [-0.25, -0.2) is 4.79 Å². The molecule has 0 aromatic heterocycles. The summed E-state index contributed by atoms with van der Waals surface area (Å²) >= 11 is 5.95. The van der Waals surface area contributed by atoms with Crippen LogP contribution < -0.4 is 5.32 Å². The van der Waals surface area contributed by atoms with Crippen molar-refractivity contribution in [2.45, 2.75) is 26.0 Å². The molecule has 2 aliphatic rings. The van der Waals surface area contributed by atoms with E-state index in [1.165, 1.54) is 23.1 Å². The van der Waals surface area contributed by atoms with Crippen molar-refractivity contribution in [1.82, 2.24) is 15.1 Å². The highest BCUT2D eigenvalue weighted by Crippen LogP contribution is 2.47. The minimum Gasteiger partial charge on any atom is -0.506 e. The Bertz CT molecular complexity index is 947. The number of phenols is 1. The van der Waals surface area contributed by atoms with Crippen molar-refractivity contribution < 1.29 is 29.7 Å². The van der Waals surface area contributed by atoms with Crippen LogP contribution in [0.25, 0.3) is 0 Å². The van der Waals surface area contributed by atoms with Crippen molar-refractivity contribution in [2.75, 3.05) is 26.7 Å². The van der Waals surface area contributed by atoms with Crippen molar-refractivity contribution in [2.24, 2.45) is 11.8 Å². The fourth-order valence-corrected chi connectivity index (χ4v) is 4.59. The first-order valence-electron chi connectivity index (χ1n) is 9.98. The molecule has 3 rings (SSSR count). The van der Waals surface area contributed by atoms with E-state index in [0.29, 0.717) is 18.7 Å². The Balaban J connectivity index is 1.63. The number of carboxylic acids is 1. The lowest BCUT2D eigenvalue weighted by molar-refractivity contribution is -0.163. The number of nitrogens with one attached hydrogen (secondary N) is 1. The third kappa shape index (κ3) is 4.13. The molecular weight excluding hydrogens is 426 g/mol. The van der Waals surface area contributed by atoms with E-state index in [9.17, 15) is 29.7 Å². The number of rotatable bonds is 8. The number of fused-ring (bicyclic) bond motifs is 1. The lowest BCUT2D eigenvalue weighted by atomic mass is 9.77. The van der Waals surface area contributed by atoms with Gasteiger partial charge in [-0.2, -0.15) is 0 Å². The number of likely N-dealkylation sites (N-methyl/N-ethyl adjacent to an activating group) is 1. The van der Waals surface area contributed by atoms with Crippen LogP contribution in [0, 0.1) is 11.8 Å². The number of hydrogen-bond donors (Lipinski definition) is 4. The van der Waals surface area contributed by atoms with E-state index < -0.39 is 23.9 Å². The molecule has 2 heterocycles. The molecule has 0 radical (unpaired) electrons. The summed E-state index contributed by atoms with van der Waals surface area (Å²) in [5.41, 5.74) is 0.775. The van der Waals surface area contributed by atoms with Crippen molar-refractivity contribution in [3.8, 4) is 5.75 Å². The molecule has 0 aliphatic carbocycles. The number of carbonyl (C=O) groups is 3. The predicted molar refractivity (Wildman–Crippen MR) is 113 cm³/mol. The number of amides is 2. The van der Waals surface area contributed by atoms with Crippen LogP contribution in [-0.2, 0) is 9.59 Å². The van der Waals surface area contributed by atoms with Crippen molar-refractivity contribution in [3.63, 3.8) is 0 Å². The maximum Gasteiger partial charge on any atom is 0.352 e. The van der Waals surface area contributed by atoms with Crippen LogP contribution >= 0.6 is 11.6 Å². The molecule has 0 bridgehead atoms. The molecule has 0 spiro atoms. The normalized spacial score (nSPS) is 23.6. The van der Waals surface area contributed by atoms with Crippen LogP contribution in [0.1, 0.15) is 24.2 Å². The molecular formula is C21H26ClN3O6. The van der Waals surface area contributed by atoms with Gasteiger partial charge < -0.3 is 30.4 Å². The smallest absolute Gasteiger partial charge is 0.352 e. The fourth-order valence-electron chi connectivity index (χ4n) is 4.37. The lowest BCUT2D eigenvalue weighted by Gasteiger charge is -2.46. The molecule has 1 aromatic rings. The zero-order chi connectivity index (χ0) is 23.0. The van der Waals surface area contributed by atoms with E-state index in [1.807, 2.05) is 11.8 Å². The SMILES string of the molecule is C[C@@H](O)[C@H]1C(=O)N2C(C(=O)O)=C(CN(C)CCNC(=O)c3cccc(O)c3Cl)[C@H](C)[C@H]12. The Kier molecular flexibility index (Phi) is 6.59. The van der Waals surface area contributed by atoms with Gasteiger partial charge in [0.05, 0.1) is 28.6 Å². The number of β-lactam (4-membered cyclic amide) rings is 1. The Morgan fingerprint density at radius 3 is 2.65 bits per heavy atom. The van der Waals surface area contributed by atoms with Crippen LogP contribution in [0.15, 0.2) is 29.5 Å². The van der Waals surface area contributed by atoms with E-state index in [-0.39, 0.29) is 46.4 Å². The molecule has 31 heavy (non-hydrogen) atoms. The number of aliphatic carboxylic acids is 1. The maximum atomic E-state index is 12.4. The van der Waals surface area contributed by atoms with Crippen LogP contribution in [0.5, 0.6) is 5.75 Å². The number of nitrogens with zero attached hydrogens (tertiary/aromatic N) is 2. The zero-order valence-electron chi connectivity index (χ0n) is 17.5. The molecule has 2 aliphatic heterocycles. The summed E-state index contributed by atoms with van der Waals surface area (Å²) in [6.07, 6.45) is -0.845. The van der Waals surface area contributed by atoms with E-state index in [0.717, 1.165) is 0 Å². The number of aliphatic hydroxyl groups is 1. The summed E-state index contributed by atoms with van der Waals surface area (Å²) in [5, 5.41) is 31.9. The standard InChI is InChI=1S/C21H26ClN3O6/c1-10-13(18(21(30)31)25-17(10)15(11(2)26)20(25)29)9-24(3)8-7-23-19(28)12-5-4-6-14(27)16(12)22/h4-6,10-11,15,17,26-27H,7-9H2,1-3H3,(H,23,28)(H,30,31)/t10-,11+,15+,17+/m0/s1. The van der Waals surface area contributed by atoms with Gasteiger partial charge in [-0.05, 0) is 31.7 Å². The average Bonchev–Trinajstić information content (AvgIpc) is 2.92. The Hall–Kier alpha value is -2.62. The number of aliphatic hydroxyl groups excluding tert-OH is 1. The third-order valence-corrected chi connectivity index (χ3v) is 6.36. The number of phenolic OH excluding ortho intramolecular Hbond substituents is 1. The van der Waals surface area contributed by atoms with Gasteiger partial charge in [0.15, 0.2) is 0 Å². The minimum atomic E-state index is -1.16. The van der Waals surface area contributed by atoms with Gasteiger partial charge in [-0.1, -0.05) is 24.6 Å². The van der Waals surface area contributed by atoms with Gasteiger partial charge in [0, 0.05) is 25.6 Å². The van der Waals surface area contributed by atoms with Gasteiger partial charge >= 0.3 is 5.97 Å². The molecule has 0 unspecified atom stereocenters. The predicted octanol–water partition coefficient (Wildman–Crippen LogP) is 0.903. The third-order valence-electron chi connectivity index (χ3n) is 5.96. The molecule has 4 atom stereocenters. The highest BCUT2D eigenvalue weighted by molar-refractivity contribution is 6.35. The summed E-state index contributed by atoms with van der Waals surface area (Å²) < 4.78 is 0. The second-order valence-electron chi connectivity index (χ2n) is 8.07. The first-order chi connectivity index (χ1) is 14.6. The summed E-state index contributed by atoms with van der Waals surface area (Å²) in [6, 6.07) is 4.06. The highest BCUT2D eigenvalue weighted by atomic mass is 35.5. The average molecular weight is 452 g/mol. The molecule has 1 aromatic carbocycles. The number of carbonyl (C=O) groups excluding carboxylic acids is 2.